The highest BCUT2D eigenvalue weighted by Gasteiger charge is 2.30. The number of hydrogen-bond acceptors (Lipinski definition) is 5. The third-order valence-electron chi connectivity index (χ3n) is 4.42. The highest BCUT2D eigenvalue weighted by Crippen LogP contribution is 2.33. The average molecular weight is 413 g/mol. The van der Waals surface area contributed by atoms with Crippen LogP contribution in [0.1, 0.15) is 28.1 Å². The van der Waals surface area contributed by atoms with Crippen LogP contribution in [0.4, 0.5) is 10.7 Å². The number of aryl methyl sites for hydroxylation is 2. The molecule has 0 spiro atoms. The van der Waals surface area contributed by atoms with E-state index in [1.165, 1.54) is 11.3 Å². The van der Waals surface area contributed by atoms with Crippen molar-refractivity contribution < 1.29 is 9.59 Å². The summed E-state index contributed by atoms with van der Waals surface area (Å²) in [5.41, 5.74) is 1.58. The van der Waals surface area contributed by atoms with Gasteiger partial charge in [-0.25, -0.2) is 4.98 Å². The van der Waals surface area contributed by atoms with Crippen LogP contribution in [0.3, 0.4) is 0 Å². The minimum Gasteiger partial charge on any atom is -0.329 e. The predicted molar refractivity (Wildman–Crippen MR) is 112 cm³/mol. The maximum atomic E-state index is 12.6. The zero-order chi connectivity index (χ0) is 19.7. The molecule has 1 aliphatic rings. The standard InChI is InChI=1S/C20H20N4O2S2/c1-12-11-16(23-18(25)13-3-4-13)28-17(12)19(26)22-14-5-7-15(8-6-14)27-20-21-9-10-24(20)2/h5-11,13H,3-4H2,1-2H3,(H,22,26)(H,23,25). The molecule has 2 aromatic heterocycles. The molecule has 0 bridgehead atoms. The van der Waals surface area contributed by atoms with E-state index in [9.17, 15) is 9.59 Å². The first-order chi connectivity index (χ1) is 13.5. The third kappa shape index (κ3) is 4.28. The number of nitrogens with zero attached hydrogens (tertiary/aromatic N) is 2. The lowest BCUT2D eigenvalue weighted by molar-refractivity contribution is -0.117. The highest BCUT2D eigenvalue weighted by atomic mass is 32.2. The lowest BCUT2D eigenvalue weighted by Gasteiger charge is -2.06. The second-order valence-corrected chi connectivity index (χ2v) is 8.88. The number of rotatable bonds is 6. The normalized spacial score (nSPS) is 13.4. The Labute approximate surface area is 171 Å². The number of carbonyl (C=O) groups is 2. The van der Waals surface area contributed by atoms with Crippen molar-refractivity contribution in [3.8, 4) is 0 Å². The molecule has 2 N–H and O–H groups in total. The Hall–Kier alpha value is -2.58. The van der Waals surface area contributed by atoms with Gasteiger partial charge in [0.05, 0.1) is 9.88 Å². The fourth-order valence-electron chi connectivity index (χ4n) is 2.69. The van der Waals surface area contributed by atoms with E-state index in [4.69, 9.17) is 0 Å². The van der Waals surface area contributed by atoms with Crippen LogP contribution in [0.25, 0.3) is 0 Å². The van der Waals surface area contributed by atoms with Crippen molar-refractivity contribution in [3.05, 3.63) is 53.2 Å². The van der Waals surface area contributed by atoms with Crippen molar-refractivity contribution in [2.24, 2.45) is 13.0 Å². The minimum atomic E-state index is -0.168. The second kappa shape index (κ2) is 7.81. The molecule has 1 aromatic carbocycles. The highest BCUT2D eigenvalue weighted by molar-refractivity contribution is 7.99. The van der Waals surface area contributed by atoms with Gasteiger partial charge in [-0.3, -0.25) is 9.59 Å². The number of anilines is 2. The lowest BCUT2D eigenvalue weighted by Crippen LogP contribution is -2.12. The van der Waals surface area contributed by atoms with Crippen LogP contribution >= 0.6 is 23.1 Å². The Morgan fingerprint density at radius 1 is 1.21 bits per heavy atom. The molecule has 0 radical (unpaired) electrons. The van der Waals surface area contributed by atoms with Crippen molar-refractivity contribution in [1.29, 1.82) is 0 Å². The van der Waals surface area contributed by atoms with Gasteiger partial charge in [0, 0.05) is 35.9 Å². The molecule has 0 saturated heterocycles. The predicted octanol–water partition coefficient (Wildman–Crippen LogP) is 4.54. The smallest absolute Gasteiger partial charge is 0.266 e. The van der Waals surface area contributed by atoms with Crippen LogP contribution < -0.4 is 10.6 Å². The number of benzene rings is 1. The topological polar surface area (TPSA) is 76.0 Å². The Morgan fingerprint density at radius 2 is 1.96 bits per heavy atom. The molecule has 1 fully saturated rings. The first kappa shape index (κ1) is 18.8. The first-order valence-corrected chi connectivity index (χ1v) is 10.6. The summed E-state index contributed by atoms with van der Waals surface area (Å²) in [4.78, 5) is 30.5. The third-order valence-corrected chi connectivity index (χ3v) is 6.65. The van der Waals surface area contributed by atoms with Crippen molar-refractivity contribution in [2.45, 2.75) is 29.8 Å². The van der Waals surface area contributed by atoms with Gasteiger partial charge in [-0.2, -0.15) is 0 Å². The molecule has 6 nitrogen and oxygen atoms in total. The number of amides is 2. The van der Waals surface area contributed by atoms with Gasteiger partial charge in [0.25, 0.3) is 5.91 Å². The van der Waals surface area contributed by atoms with Crippen LogP contribution in [0.2, 0.25) is 0 Å². The average Bonchev–Trinajstić information content (AvgIpc) is 3.36. The molecular formula is C20H20N4O2S2. The number of imidazole rings is 1. The lowest BCUT2D eigenvalue weighted by atomic mass is 10.2. The molecule has 2 amide bonds. The van der Waals surface area contributed by atoms with Crippen LogP contribution in [-0.4, -0.2) is 21.4 Å². The van der Waals surface area contributed by atoms with E-state index in [0.29, 0.717) is 4.88 Å². The fraction of sp³-hybridized carbons (Fsp3) is 0.250. The van der Waals surface area contributed by atoms with Gasteiger partial charge in [-0.1, -0.05) is 11.8 Å². The van der Waals surface area contributed by atoms with E-state index < -0.39 is 0 Å². The number of nitrogens with one attached hydrogen (secondary N) is 2. The summed E-state index contributed by atoms with van der Waals surface area (Å²) in [5.74, 6) is 0.0229. The summed E-state index contributed by atoms with van der Waals surface area (Å²) in [6.45, 7) is 1.88. The Balaban J connectivity index is 1.40. The molecule has 0 aliphatic heterocycles. The van der Waals surface area contributed by atoms with Crippen molar-refractivity contribution >= 4 is 45.6 Å². The maximum absolute atomic E-state index is 12.6. The van der Waals surface area contributed by atoms with Crippen molar-refractivity contribution in [2.75, 3.05) is 10.6 Å². The molecule has 4 rings (SSSR count). The van der Waals surface area contributed by atoms with Gasteiger partial charge in [0.2, 0.25) is 5.91 Å². The van der Waals surface area contributed by atoms with E-state index in [1.54, 1.807) is 18.0 Å². The van der Waals surface area contributed by atoms with E-state index >= 15 is 0 Å². The van der Waals surface area contributed by atoms with Crippen LogP contribution in [-0.2, 0) is 11.8 Å². The number of thiophene rings is 1. The summed E-state index contributed by atoms with van der Waals surface area (Å²) >= 11 is 2.87. The van der Waals surface area contributed by atoms with E-state index in [2.05, 4.69) is 15.6 Å². The summed E-state index contributed by atoms with van der Waals surface area (Å²) in [6, 6.07) is 9.52. The van der Waals surface area contributed by atoms with E-state index in [-0.39, 0.29) is 17.7 Å². The first-order valence-electron chi connectivity index (χ1n) is 8.97. The quantitative estimate of drug-likeness (QED) is 0.623. The molecule has 28 heavy (non-hydrogen) atoms. The fourth-order valence-corrected chi connectivity index (χ4v) is 4.46. The van der Waals surface area contributed by atoms with Gasteiger partial charge in [-0.15, -0.1) is 11.3 Å². The molecule has 8 heteroatoms. The molecule has 1 saturated carbocycles. The molecule has 0 unspecified atom stereocenters. The van der Waals surface area contributed by atoms with Gasteiger partial charge in [-0.05, 0) is 55.7 Å². The van der Waals surface area contributed by atoms with Crippen LogP contribution in [0.5, 0.6) is 0 Å². The summed E-state index contributed by atoms with van der Waals surface area (Å²) in [6.07, 6.45) is 5.58. The zero-order valence-electron chi connectivity index (χ0n) is 15.6. The number of hydrogen-bond donors (Lipinski definition) is 2. The Bertz CT molecular complexity index is 1020. The molecule has 0 atom stereocenters. The van der Waals surface area contributed by atoms with Gasteiger partial charge < -0.3 is 15.2 Å². The molecular weight excluding hydrogens is 392 g/mol. The summed E-state index contributed by atoms with van der Waals surface area (Å²) in [7, 11) is 1.95. The Morgan fingerprint density at radius 3 is 2.61 bits per heavy atom. The number of aromatic nitrogens is 2. The van der Waals surface area contributed by atoms with Gasteiger partial charge >= 0.3 is 0 Å². The minimum absolute atomic E-state index is 0.0500. The summed E-state index contributed by atoms with van der Waals surface area (Å²) in [5, 5.41) is 7.47. The molecule has 1 aliphatic carbocycles. The summed E-state index contributed by atoms with van der Waals surface area (Å²) < 4.78 is 1.96. The van der Waals surface area contributed by atoms with Crippen LogP contribution in [0, 0.1) is 12.8 Å². The van der Waals surface area contributed by atoms with E-state index in [0.717, 1.165) is 39.1 Å². The SMILES string of the molecule is Cc1cc(NC(=O)C2CC2)sc1C(=O)Nc1ccc(Sc2nccn2C)cc1. The van der Waals surface area contributed by atoms with E-state index in [1.807, 2.05) is 55.1 Å². The molecule has 3 aromatic rings. The van der Waals surface area contributed by atoms with Gasteiger partial charge in [0.15, 0.2) is 5.16 Å². The second-order valence-electron chi connectivity index (χ2n) is 6.79. The number of carbonyl (C=O) groups excluding carboxylic acids is 2. The van der Waals surface area contributed by atoms with Gasteiger partial charge in [0.1, 0.15) is 0 Å². The molecule has 144 valence electrons. The zero-order valence-corrected chi connectivity index (χ0v) is 17.2. The Kier molecular flexibility index (Phi) is 5.23. The van der Waals surface area contributed by atoms with Crippen molar-refractivity contribution in [3.63, 3.8) is 0 Å². The molecule has 2 heterocycles. The largest absolute Gasteiger partial charge is 0.329 e. The maximum Gasteiger partial charge on any atom is 0.266 e. The van der Waals surface area contributed by atoms with Crippen LogP contribution in [0.15, 0.2) is 52.8 Å². The van der Waals surface area contributed by atoms with Crippen molar-refractivity contribution in [1.82, 2.24) is 9.55 Å². The monoisotopic (exact) mass is 412 g/mol.